The van der Waals surface area contributed by atoms with Gasteiger partial charge in [-0.25, -0.2) is 0 Å². The number of aromatic amines is 1. The third-order valence-corrected chi connectivity index (χ3v) is 2.38. The standard InChI is InChI=1S/C9H10N4/c1-2-4-13(3-1)9-7-5-10-6-8(7)11-12-9/h1-4,10H,5-6H2,(H,11,12). The molecule has 4 heteroatoms. The van der Waals surface area contributed by atoms with E-state index >= 15 is 0 Å². The largest absolute Gasteiger partial charge is 0.307 e. The summed E-state index contributed by atoms with van der Waals surface area (Å²) in [4.78, 5) is 0. The number of H-pyrrole nitrogens is 1. The van der Waals surface area contributed by atoms with Crippen molar-refractivity contribution in [3.05, 3.63) is 35.8 Å². The Morgan fingerprint density at radius 3 is 2.92 bits per heavy atom. The van der Waals surface area contributed by atoms with Crippen molar-refractivity contribution in [2.45, 2.75) is 13.1 Å². The van der Waals surface area contributed by atoms with E-state index in [0.29, 0.717) is 0 Å². The SMILES string of the molecule is c1ccn(-c2n[nH]c3c2CNC3)c1. The molecule has 0 saturated carbocycles. The van der Waals surface area contributed by atoms with Crippen LogP contribution in [-0.4, -0.2) is 14.8 Å². The molecule has 3 rings (SSSR count). The summed E-state index contributed by atoms with van der Waals surface area (Å²) >= 11 is 0. The Morgan fingerprint density at radius 2 is 2.08 bits per heavy atom. The number of nitrogens with zero attached hydrogens (tertiary/aromatic N) is 2. The Balaban J connectivity index is 2.16. The lowest BCUT2D eigenvalue weighted by atomic mass is 10.3. The highest BCUT2D eigenvalue weighted by molar-refractivity contribution is 5.39. The van der Waals surface area contributed by atoms with Gasteiger partial charge in [0.1, 0.15) is 0 Å². The van der Waals surface area contributed by atoms with Crippen LogP contribution >= 0.6 is 0 Å². The molecule has 0 aliphatic carbocycles. The quantitative estimate of drug-likeness (QED) is 0.671. The van der Waals surface area contributed by atoms with E-state index in [4.69, 9.17) is 0 Å². The smallest absolute Gasteiger partial charge is 0.163 e. The molecular weight excluding hydrogens is 164 g/mol. The van der Waals surface area contributed by atoms with Gasteiger partial charge in [0.15, 0.2) is 5.82 Å². The Morgan fingerprint density at radius 1 is 1.23 bits per heavy atom. The Bertz CT molecular complexity index is 413. The fourth-order valence-electron chi connectivity index (χ4n) is 1.72. The Kier molecular flexibility index (Phi) is 1.31. The lowest BCUT2D eigenvalue weighted by molar-refractivity contribution is 0.735. The molecule has 0 aromatic carbocycles. The third-order valence-electron chi connectivity index (χ3n) is 2.38. The van der Waals surface area contributed by atoms with Crippen molar-refractivity contribution in [2.75, 3.05) is 0 Å². The highest BCUT2D eigenvalue weighted by atomic mass is 15.2. The number of fused-ring (bicyclic) bond motifs is 1. The highest BCUT2D eigenvalue weighted by Crippen LogP contribution is 2.19. The molecule has 0 bridgehead atoms. The van der Waals surface area contributed by atoms with Gasteiger partial charge >= 0.3 is 0 Å². The van der Waals surface area contributed by atoms with Gasteiger partial charge in [0.25, 0.3) is 0 Å². The van der Waals surface area contributed by atoms with E-state index < -0.39 is 0 Å². The molecule has 0 radical (unpaired) electrons. The fraction of sp³-hybridized carbons (Fsp3) is 0.222. The molecule has 2 N–H and O–H groups in total. The first-order chi connectivity index (χ1) is 6.45. The van der Waals surface area contributed by atoms with Crippen molar-refractivity contribution >= 4 is 0 Å². The Labute approximate surface area is 75.6 Å². The van der Waals surface area contributed by atoms with Crippen molar-refractivity contribution in [2.24, 2.45) is 0 Å². The number of nitrogens with one attached hydrogen (secondary N) is 2. The van der Waals surface area contributed by atoms with E-state index in [9.17, 15) is 0 Å². The average Bonchev–Trinajstić information content (AvgIpc) is 2.79. The van der Waals surface area contributed by atoms with Crippen LogP contribution in [-0.2, 0) is 13.1 Å². The maximum absolute atomic E-state index is 4.28. The number of hydrogen-bond donors (Lipinski definition) is 2. The van der Waals surface area contributed by atoms with E-state index in [-0.39, 0.29) is 0 Å². The van der Waals surface area contributed by atoms with Crippen LogP contribution in [0.3, 0.4) is 0 Å². The highest BCUT2D eigenvalue weighted by Gasteiger charge is 2.18. The summed E-state index contributed by atoms with van der Waals surface area (Å²) in [6.45, 7) is 1.82. The van der Waals surface area contributed by atoms with E-state index in [1.165, 1.54) is 11.3 Å². The summed E-state index contributed by atoms with van der Waals surface area (Å²) in [6.07, 6.45) is 4.02. The molecule has 13 heavy (non-hydrogen) atoms. The van der Waals surface area contributed by atoms with Crippen LogP contribution in [0.2, 0.25) is 0 Å². The summed E-state index contributed by atoms with van der Waals surface area (Å²) in [5, 5.41) is 10.6. The zero-order valence-electron chi connectivity index (χ0n) is 7.12. The van der Waals surface area contributed by atoms with Gasteiger partial charge in [-0.05, 0) is 12.1 Å². The van der Waals surface area contributed by atoms with Gasteiger partial charge in [-0.3, -0.25) is 5.10 Å². The molecule has 4 nitrogen and oxygen atoms in total. The summed E-state index contributed by atoms with van der Waals surface area (Å²) < 4.78 is 2.03. The van der Waals surface area contributed by atoms with E-state index in [1.807, 2.05) is 29.1 Å². The second-order valence-corrected chi connectivity index (χ2v) is 3.20. The van der Waals surface area contributed by atoms with E-state index in [2.05, 4.69) is 15.5 Å². The molecule has 0 amide bonds. The van der Waals surface area contributed by atoms with Gasteiger partial charge in [0, 0.05) is 31.0 Å². The van der Waals surface area contributed by atoms with Crippen LogP contribution in [0, 0.1) is 0 Å². The van der Waals surface area contributed by atoms with Crippen LogP contribution in [0.1, 0.15) is 11.3 Å². The topological polar surface area (TPSA) is 45.6 Å². The predicted octanol–water partition coefficient (Wildman–Crippen LogP) is 0.804. The van der Waals surface area contributed by atoms with Crippen LogP contribution in [0.25, 0.3) is 5.82 Å². The second kappa shape index (κ2) is 2.47. The second-order valence-electron chi connectivity index (χ2n) is 3.20. The molecule has 0 saturated heterocycles. The van der Waals surface area contributed by atoms with Gasteiger partial charge in [0.2, 0.25) is 0 Å². The molecule has 0 atom stereocenters. The van der Waals surface area contributed by atoms with E-state index in [0.717, 1.165) is 18.9 Å². The lowest BCUT2D eigenvalue weighted by Gasteiger charge is -1.98. The van der Waals surface area contributed by atoms with Crippen molar-refractivity contribution < 1.29 is 0 Å². The van der Waals surface area contributed by atoms with Crippen LogP contribution in [0.5, 0.6) is 0 Å². The zero-order chi connectivity index (χ0) is 8.67. The summed E-state index contributed by atoms with van der Waals surface area (Å²) in [6, 6.07) is 4.01. The molecule has 1 aliphatic heterocycles. The Hall–Kier alpha value is -1.55. The monoisotopic (exact) mass is 174 g/mol. The first kappa shape index (κ1) is 6.91. The first-order valence-corrected chi connectivity index (χ1v) is 4.35. The van der Waals surface area contributed by atoms with Crippen molar-refractivity contribution in [3.8, 4) is 5.82 Å². The summed E-state index contributed by atoms with van der Waals surface area (Å²) in [5.41, 5.74) is 2.50. The molecular formula is C9H10N4. The average molecular weight is 174 g/mol. The normalized spacial score (nSPS) is 14.8. The lowest BCUT2D eigenvalue weighted by Crippen LogP contribution is -2.04. The maximum atomic E-state index is 4.28. The molecule has 66 valence electrons. The number of aromatic nitrogens is 3. The summed E-state index contributed by atoms with van der Waals surface area (Å²) in [7, 11) is 0. The molecule has 0 unspecified atom stereocenters. The minimum atomic E-state index is 0.906. The number of hydrogen-bond acceptors (Lipinski definition) is 2. The zero-order valence-corrected chi connectivity index (χ0v) is 7.12. The molecule has 3 heterocycles. The molecule has 2 aromatic rings. The summed E-state index contributed by atoms with van der Waals surface area (Å²) in [5.74, 6) is 1.02. The van der Waals surface area contributed by atoms with Gasteiger partial charge in [-0.2, -0.15) is 5.10 Å². The third kappa shape index (κ3) is 0.922. The number of rotatable bonds is 1. The van der Waals surface area contributed by atoms with Gasteiger partial charge in [-0.15, -0.1) is 0 Å². The predicted molar refractivity (Wildman–Crippen MR) is 48.5 cm³/mol. The van der Waals surface area contributed by atoms with Crippen LogP contribution in [0.15, 0.2) is 24.5 Å². The van der Waals surface area contributed by atoms with Gasteiger partial charge in [0.05, 0.1) is 5.69 Å². The first-order valence-electron chi connectivity index (χ1n) is 4.35. The van der Waals surface area contributed by atoms with Crippen molar-refractivity contribution in [3.63, 3.8) is 0 Å². The van der Waals surface area contributed by atoms with Crippen molar-refractivity contribution in [1.29, 1.82) is 0 Å². The van der Waals surface area contributed by atoms with E-state index in [1.54, 1.807) is 0 Å². The van der Waals surface area contributed by atoms with Crippen molar-refractivity contribution in [1.82, 2.24) is 20.1 Å². The van der Waals surface area contributed by atoms with Crippen LogP contribution in [0.4, 0.5) is 0 Å². The molecule has 0 fully saturated rings. The van der Waals surface area contributed by atoms with Gasteiger partial charge in [-0.1, -0.05) is 0 Å². The molecule has 2 aromatic heterocycles. The molecule has 1 aliphatic rings. The van der Waals surface area contributed by atoms with Gasteiger partial charge < -0.3 is 9.88 Å². The minimum Gasteiger partial charge on any atom is -0.307 e. The maximum Gasteiger partial charge on any atom is 0.163 e. The minimum absolute atomic E-state index is 0.906. The van der Waals surface area contributed by atoms with Crippen LogP contribution < -0.4 is 5.32 Å². The molecule has 0 spiro atoms. The fourth-order valence-corrected chi connectivity index (χ4v) is 1.72.